The van der Waals surface area contributed by atoms with Gasteiger partial charge in [0, 0.05) is 28.1 Å². The summed E-state index contributed by atoms with van der Waals surface area (Å²) in [5.41, 5.74) is 3.60. The van der Waals surface area contributed by atoms with Crippen molar-refractivity contribution in [2.75, 3.05) is 6.26 Å². The maximum atomic E-state index is 11.5. The first-order chi connectivity index (χ1) is 16.3. The van der Waals surface area contributed by atoms with Gasteiger partial charge in [0.05, 0.1) is 0 Å². The zero-order valence-corrected chi connectivity index (χ0v) is 20.1. The molecule has 0 aromatic heterocycles. The quantitative estimate of drug-likeness (QED) is 0.201. The van der Waals surface area contributed by atoms with Crippen LogP contribution in [-0.2, 0) is 31.2 Å². The van der Waals surface area contributed by atoms with Gasteiger partial charge in [0.2, 0.25) is 10.4 Å². The van der Waals surface area contributed by atoms with Crippen molar-refractivity contribution >= 4 is 21.3 Å². The molecule has 0 radical (unpaired) electrons. The molecule has 0 fully saturated rings. The summed E-state index contributed by atoms with van der Waals surface area (Å²) in [7, 11) is -5.04. The minimum Gasteiger partial charge on any atom is -0.725 e. The predicted octanol–water partition coefficient (Wildman–Crippen LogP) is 5.43. The summed E-state index contributed by atoms with van der Waals surface area (Å²) in [5.74, 6) is 1.00. The van der Waals surface area contributed by atoms with Crippen molar-refractivity contribution in [3.63, 3.8) is 0 Å². The van der Waals surface area contributed by atoms with E-state index in [0.717, 1.165) is 10.6 Å². The fourth-order valence-electron chi connectivity index (χ4n) is 3.79. The molecule has 0 spiro atoms. The molecule has 4 rings (SSSR count). The van der Waals surface area contributed by atoms with Gasteiger partial charge in [-0.05, 0) is 34.9 Å². The standard InChI is InChI=1S/C27H24O5S2/c1-33(19-20-9-4-2-5-10-20)24-15-16-26(28)25(18-24)22-13-8-14-23(17-22)27(32-34(29,30)31)21-11-6-3-7-12-21/h2-18,27H,19H2,1H3,(H-,28,29,30,31). The van der Waals surface area contributed by atoms with E-state index in [9.17, 15) is 18.1 Å². The molecule has 0 aliphatic carbocycles. The van der Waals surface area contributed by atoms with Gasteiger partial charge in [0.15, 0.2) is 4.90 Å². The molecule has 5 nitrogen and oxygen atoms in total. The lowest BCUT2D eigenvalue weighted by Crippen LogP contribution is -2.12. The zero-order valence-electron chi connectivity index (χ0n) is 18.5. The van der Waals surface area contributed by atoms with E-state index in [2.05, 4.69) is 18.4 Å². The van der Waals surface area contributed by atoms with Crippen LogP contribution in [0.15, 0.2) is 108 Å². The van der Waals surface area contributed by atoms with Crippen LogP contribution in [0, 0.1) is 0 Å². The number of hydrogen-bond donors (Lipinski definition) is 1. The highest BCUT2D eigenvalue weighted by Gasteiger charge is 2.21. The van der Waals surface area contributed by atoms with Gasteiger partial charge in [-0.1, -0.05) is 78.9 Å². The van der Waals surface area contributed by atoms with E-state index in [4.69, 9.17) is 4.18 Å². The fraction of sp³-hybridized carbons (Fsp3) is 0.111. The molecule has 1 N–H and O–H groups in total. The molecule has 0 aliphatic heterocycles. The molecule has 0 amide bonds. The highest BCUT2D eigenvalue weighted by molar-refractivity contribution is 7.95. The number of hydrogen-bond acceptors (Lipinski definition) is 5. The van der Waals surface area contributed by atoms with Gasteiger partial charge in [-0.25, -0.2) is 8.42 Å². The Labute approximate surface area is 203 Å². The molecule has 174 valence electrons. The van der Waals surface area contributed by atoms with Crippen LogP contribution in [0.1, 0.15) is 22.8 Å². The summed E-state index contributed by atoms with van der Waals surface area (Å²) in [5, 5.41) is 10.6. The Morgan fingerprint density at radius 1 is 0.853 bits per heavy atom. The third-order valence-electron chi connectivity index (χ3n) is 5.41. The van der Waals surface area contributed by atoms with Gasteiger partial charge in [-0.15, -0.1) is 0 Å². The third kappa shape index (κ3) is 6.07. The lowest BCUT2D eigenvalue weighted by Gasteiger charge is -2.21. The summed E-state index contributed by atoms with van der Waals surface area (Å²) in [4.78, 5) is 1.10. The van der Waals surface area contributed by atoms with Crippen molar-refractivity contribution in [3.05, 3.63) is 120 Å². The van der Waals surface area contributed by atoms with Crippen molar-refractivity contribution in [2.45, 2.75) is 16.8 Å². The molecule has 4 aromatic rings. The van der Waals surface area contributed by atoms with Crippen molar-refractivity contribution in [3.8, 4) is 16.9 Å². The fourth-order valence-corrected chi connectivity index (χ4v) is 5.73. The molecule has 0 bridgehead atoms. The molecule has 2 unspecified atom stereocenters. The monoisotopic (exact) mass is 492 g/mol. The SMILES string of the molecule is C[S+](Cc1ccccc1)c1ccc(O)c(-c2cccc(C(OS(=O)(=O)[O-])c3ccccc3)c2)c1. The van der Waals surface area contributed by atoms with Crippen LogP contribution >= 0.6 is 0 Å². The number of aromatic hydroxyl groups is 1. The van der Waals surface area contributed by atoms with Crippen LogP contribution in [0.5, 0.6) is 5.75 Å². The van der Waals surface area contributed by atoms with Gasteiger partial charge in [0.1, 0.15) is 23.9 Å². The average molecular weight is 493 g/mol. The first-order valence-electron chi connectivity index (χ1n) is 10.6. The van der Waals surface area contributed by atoms with Crippen molar-refractivity contribution in [2.24, 2.45) is 0 Å². The normalized spacial score (nSPS) is 13.4. The Morgan fingerprint density at radius 2 is 1.50 bits per heavy atom. The van der Waals surface area contributed by atoms with E-state index >= 15 is 0 Å². The second kappa shape index (κ2) is 10.4. The van der Waals surface area contributed by atoms with Crippen LogP contribution < -0.4 is 0 Å². The second-order valence-corrected chi connectivity index (χ2v) is 10.9. The second-order valence-electron chi connectivity index (χ2n) is 7.87. The Kier molecular flexibility index (Phi) is 7.38. The summed E-state index contributed by atoms with van der Waals surface area (Å²) in [6.07, 6.45) is 1.07. The molecular formula is C27H24O5S2. The molecule has 4 aromatic carbocycles. The minimum atomic E-state index is -4.95. The molecule has 2 atom stereocenters. The van der Waals surface area contributed by atoms with Crippen LogP contribution in [0.25, 0.3) is 11.1 Å². The predicted molar refractivity (Wildman–Crippen MR) is 134 cm³/mol. The molecular weight excluding hydrogens is 468 g/mol. The molecule has 0 saturated heterocycles. The van der Waals surface area contributed by atoms with Gasteiger partial charge in [-0.3, -0.25) is 4.18 Å². The van der Waals surface area contributed by atoms with E-state index in [0.29, 0.717) is 22.3 Å². The van der Waals surface area contributed by atoms with Crippen LogP contribution in [-0.4, -0.2) is 24.3 Å². The first kappa shape index (κ1) is 24.0. The smallest absolute Gasteiger partial charge is 0.218 e. The van der Waals surface area contributed by atoms with Crippen molar-refractivity contribution < 1.29 is 22.3 Å². The number of phenolic OH excluding ortho intramolecular Hbond substituents is 1. The lowest BCUT2D eigenvalue weighted by molar-refractivity contribution is 0.212. The van der Waals surface area contributed by atoms with Crippen LogP contribution in [0.2, 0.25) is 0 Å². The van der Waals surface area contributed by atoms with Crippen molar-refractivity contribution in [1.29, 1.82) is 0 Å². The molecule has 0 saturated carbocycles. The number of rotatable bonds is 8. The zero-order chi connectivity index (χ0) is 24.1. The summed E-state index contributed by atoms with van der Waals surface area (Å²) in [6.45, 7) is 0. The van der Waals surface area contributed by atoms with E-state index < -0.39 is 16.5 Å². The topological polar surface area (TPSA) is 86.7 Å². The largest absolute Gasteiger partial charge is 0.725 e. The maximum Gasteiger partial charge on any atom is 0.218 e. The lowest BCUT2D eigenvalue weighted by atomic mass is 9.97. The summed E-state index contributed by atoms with van der Waals surface area (Å²) >= 11 is 0. The van der Waals surface area contributed by atoms with E-state index in [1.54, 1.807) is 54.6 Å². The molecule has 7 heteroatoms. The van der Waals surface area contributed by atoms with E-state index in [-0.39, 0.29) is 16.6 Å². The Bertz CT molecular complexity index is 1360. The highest BCUT2D eigenvalue weighted by Crippen LogP contribution is 2.35. The van der Waals surface area contributed by atoms with E-state index in [1.807, 2.05) is 36.4 Å². The first-order valence-corrected chi connectivity index (χ1v) is 13.7. The van der Waals surface area contributed by atoms with E-state index in [1.165, 1.54) is 5.56 Å². The minimum absolute atomic E-state index is 0.0904. The number of benzene rings is 4. The molecule has 34 heavy (non-hydrogen) atoms. The average Bonchev–Trinajstić information content (AvgIpc) is 2.83. The Balaban J connectivity index is 1.69. The van der Waals surface area contributed by atoms with Crippen LogP contribution in [0.3, 0.4) is 0 Å². The summed E-state index contributed by atoms with van der Waals surface area (Å²) < 4.78 is 39.3. The van der Waals surface area contributed by atoms with Gasteiger partial charge in [-0.2, -0.15) is 0 Å². The van der Waals surface area contributed by atoms with Gasteiger partial charge < -0.3 is 9.66 Å². The molecule has 0 aliphatic rings. The highest BCUT2D eigenvalue weighted by atomic mass is 32.3. The maximum absolute atomic E-state index is 11.5. The molecule has 0 heterocycles. The van der Waals surface area contributed by atoms with Crippen molar-refractivity contribution in [1.82, 2.24) is 0 Å². The van der Waals surface area contributed by atoms with Crippen LogP contribution in [0.4, 0.5) is 0 Å². The van der Waals surface area contributed by atoms with Gasteiger partial charge >= 0.3 is 0 Å². The number of phenols is 1. The third-order valence-corrected chi connectivity index (χ3v) is 7.67. The van der Waals surface area contributed by atoms with Gasteiger partial charge in [0.25, 0.3) is 0 Å². The summed E-state index contributed by atoms with van der Waals surface area (Å²) in [6, 6.07) is 31.5. The Hall–Kier alpha value is -3.10. The Morgan fingerprint density at radius 3 is 2.18 bits per heavy atom.